The van der Waals surface area contributed by atoms with Crippen molar-refractivity contribution in [2.24, 2.45) is 5.14 Å². The Morgan fingerprint density at radius 2 is 1.59 bits per heavy atom. The number of nitrogens with one attached hydrogen (secondary N) is 1. The summed E-state index contributed by atoms with van der Waals surface area (Å²) in [6, 6.07) is 16.9. The molecule has 29 heavy (non-hydrogen) atoms. The highest BCUT2D eigenvalue weighted by molar-refractivity contribution is 8.00. The van der Waals surface area contributed by atoms with E-state index in [2.05, 4.69) is 15.3 Å². The Hall–Kier alpha value is -2.75. The van der Waals surface area contributed by atoms with E-state index >= 15 is 0 Å². The van der Waals surface area contributed by atoms with Gasteiger partial charge in [-0.2, -0.15) is 0 Å². The number of aromatic nitrogens is 2. The number of nitrogens with zero attached hydrogens (tertiary/aromatic N) is 2. The summed E-state index contributed by atoms with van der Waals surface area (Å²) >= 11 is 1.25. The summed E-state index contributed by atoms with van der Waals surface area (Å²) in [5, 5.41) is 7.85. The molecule has 1 heterocycles. The molecule has 1 atom stereocenters. The summed E-state index contributed by atoms with van der Waals surface area (Å²) in [5.41, 5.74) is 2.92. The smallest absolute Gasteiger partial charge is 0.242 e. The lowest BCUT2D eigenvalue weighted by atomic mass is 10.1. The molecule has 0 spiro atoms. The van der Waals surface area contributed by atoms with Gasteiger partial charge in [-0.1, -0.05) is 42.1 Å². The summed E-state index contributed by atoms with van der Waals surface area (Å²) in [6.45, 7) is 3.76. The fraction of sp³-hybridized carbons (Fsp3) is 0.150. The van der Waals surface area contributed by atoms with E-state index in [1.54, 1.807) is 0 Å². The zero-order valence-corrected chi connectivity index (χ0v) is 17.5. The highest BCUT2D eigenvalue weighted by Crippen LogP contribution is 2.34. The average Bonchev–Trinajstić information content (AvgIpc) is 2.65. The van der Waals surface area contributed by atoms with Crippen LogP contribution in [0.15, 0.2) is 70.7 Å². The van der Waals surface area contributed by atoms with Gasteiger partial charge in [0.2, 0.25) is 15.9 Å². The zero-order chi connectivity index (χ0) is 21.0. The van der Waals surface area contributed by atoms with Gasteiger partial charge in [-0.25, -0.2) is 23.5 Å². The lowest BCUT2D eigenvalue weighted by Crippen LogP contribution is -2.19. The van der Waals surface area contributed by atoms with Crippen molar-refractivity contribution in [1.29, 1.82) is 0 Å². The van der Waals surface area contributed by atoms with Gasteiger partial charge in [0.25, 0.3) is 0 Å². The Bertz CT molecular complexity index is 1100. The van der Waals surface area contributed by atoms with Crippen LogP contribution in [0, 0.1) is 13.8 Å². The van der Waals surface area contributed by atoms with E-state index in [1.807, 2.05) is 50.2 Å². The van der Waals surface area contributed by atoms with Gasteiger partial charge >= 0.3 is 0 Å². The number of benzene rings is 2. The van der Waals surface area contributed by atoms with Gasteiger partial charge in [-0.15, -0.1) is 0 Å². The molecule has 7 nitrogen and oxygen atoms in total. The first-order valence-corrected chi connectivity index (χ1v) is 11.1. The molecule has 0 unspecified atom stereocenters. The number of aryl methyl sites for hydroxylation is 2. The molecule has 1 amide bonds. The number of nitrogens with two attached hydrogens (primary N) is 1. The number of hydrogen-bond acceptors (Lipinski definition) is 6. The molecule has 1 aromatic heterocycles. The van der Waals surface area contributed by atoms with Crippen molar-refractivity contribution in [3.05, 3.63) is 77.6 Å². The molecule has 0 saturated heterocycles. The van der Waals surface area contributed by atoms with Crippen LogP contribution in [0.25, 0.3) is 0 Å². The second kappa shape index (κ2) is 8.73. The van der Waals surface area contributed by atoms with E-state index in [-0.39, 0.29) is 10.8 Å². The van der Waals surface area contributed by atoms with Gasteiger partial charge < -0.3 is 5.32 Å². The van der Waals surface area contributed by atoms with E-state index in [4.69, 9.17) is 5.14 Å². The topological polar surface area (TPSA) is 115 Å². The quantitative estimate of drug-likeness (QED) is 0.460. The summed E-state index contributed by atoms with van der Waals surface area (Å²) in [6.07, 6.45) is 0. The van der Waals surface area contributed by atoms with Crippen LogP contribution in [0.2, 0.25) is 0 Å². The minimum absolute atomic E-state index is 0.0203. The van der Waals surface area contributed by atoms with Gasteiger partial charge in [-0.3, -0.25) is 4.79 Å². The molecule has 0 aliphatic heterocycles. The van der Waals surface area contributed by atoms with Gasteiger partial charge in [-0.05, 0) is 49.7 Å². The van der Waals surface area contributed by atoms with Crippen LogP contribution in [0.3, 0.4) is 0 Å². The maximum Gasteiger partial charge on any atom is 0.242 e. The van der Waals surface area contributed by atoms with Crippen LogP contribution >= 0.6 is 11.8 Å². The maximum atomic E-state index is 13.0. The molecule has 0 saturated carbocycles. The highest BCUT2D eigenvalue weighted by Gasteiger charge is 2.24. The molecule has 3 rings (SSSR count). The number of amides is 1. The van der Waals surface area contributed by atoms with Crippen molar-refractivity contribution in [3.63, 3.8) is 0 Å². The molecule has 3 N–H and O–H groups in total. The van der Waals surface area contributed by atoms with Gasteiger partial charge in [0, 0.05) is 17.1 Å². The highest BCUT2D eigenvalue weighted by atomic mass is 32.2. The molecule has 3 aromatic rings. The Morgan fingerprint density at radius 1 is 1.00 bits per heavy atom. The third-order valence-corrected chi connectivity index (χ3v) is 6.02. The normalized spacial score (nSPS) is 12.4. The monoisotopic (exact) mass is 428 g/mol. The van der Waals surface area contributed by atoms with E-state index in [1.165, 1.54) is 36.0 Å². The van der Waals surface area contributed by atoms with Crippen LogP contribution in [0.1, 0.15) is 22.2 Å². The molecule has 0 fully saturated rings. The number of rotatable bonds is 6. The predicted octanol–water partition coefficient (Wildman–Crippen LogP) is 3.21. The summed E-state index contributed by atoms with van der Waals surface area (Å²) < 4.78 is 22.8. The number of anilines is 1. The third-order valence-electron chi connectivity index (χ3n) is 3.98. The van der Waals surface area contributed by atoms with Crippen molar-refractivity contribution in [2.75, 3.05) is 5.32 Å². The van der Waals surface area contributed by atoms with Crippen molar-refractivity contribution in [3.8, 4) is 0 Å². The molecular formula is C20H20N4O3S2. The average molecular weight is 429 g/mol. The second-order valence-electron chi connectivity index (χ2n) is 6.40. The zero-order valence-electron chi connectivity index (χ0n) is 15.9. The molecular weight excluding hydrogens is 408 g/mol. The fourth-order valence-electron chi connectivity index (χ4n) is 2.69. The van der Waals surface area contributed by atoms with Crippen molar-refractivity contribution in [2.45, 2.75) is 29.1 Å². The lowest BCUT2D eigenvalue weighted by molar-refractivity contribution is -0.115. The maximum absolute atomic E-state index is 13.0. The van der Waals surface area contributed by atoms with Crippen molar-refractivity contribution in [1.82, 2.24) is 9.97 Å². The first-order chi connectivity index (χ1) is 13.7. The lowest BCUT2D eigenvalue weighted by Gasteiger charge is -2.17. The first kappa shape index (κ1) is 21.0. The number of hydrogen-bond donors (Lipinski definition) is 2. The van der Waals surface area contributed by atoms with Crippen molar-refractivity contribution < 1.29 is 13.2 Å². The minimum atomic E-state index is -3.79. The van der Waals surface area contributed by atoms with Gasteiger partial charge in [0.05, 0.1) is 4.90 Å². The Labute approximate surface area is 173 Å². The third kappa shape index (κ3) is 5.63. The SMILES string of the molecule is Cc1cc(C)nc(S[C@H](C(=O)Nc2ccc(S(N)(=O)=O)cc2)c2ccccc2)n1. The van der Waals surface area contributed by atoms with E-state index in [0.717, 1.165) is 17.0 Å². The Kier molecular flexibility index (Phi) is 6.31. The van der Waals surface area contributed by atoms with Crippen molar-refractivity contribution >= 4 is 33.4 Å². The predicted molar refractivity (Wildman–Crippen MR) is 113 cm³/mol. The van der Waals surface area contributed by atoms with Gasteiger partial charge in [0.1, 0.15) is 5.25 Å². The molecule has 0 radical (unpaired) electrons. The van der Waals surface area contributed by atoms with E-state index in [9.17, 15) is 13.2 Å². The molecule has 0 bridgehead atoms. The molecule has 0 aliphatic rings. The summed E-state index contributed by atoms with van der Waals surface area (Å²) in [7, 11) is -3.79. The molecule has 150 valence electrons. The number of thioether (sulfide) groups is 1. The van der Waals surface area contributed by atoms with Gasteiger partial charge in [0.15, 0.2) is 5.16 Å². The van der Waals surface area contributed by atoms with Crippen LogP contribution in [-0.4, -0.2) is 24.3 Å². The van der Waals surface area contributed by atoms with E-state index in [0.29, 0.717) is 10.8 Å². The number of carbonyl (C=O) groups excluding carboxylic acids is 1. The fourth-order valence-corrected chi connectivity index (χ4v) is 4.27. The Morgan fingerprint density at radius 3 is 2.14 bits per heavy atom. The van der Waals surface area contributed by atoms with Crippen LogP contribution in [0.5, 0.6) is 0 Å². The van der Waals surface area contributed by atoms with E-state index < -0.39 is 15.3 Å². The molecule has 9 heteroatoms. The summed E-state index contributed by atoms with van der Waals surface area (Å²) in [4.78, 5) is 21.9. The summed E-state index contributed by atoms with van der Waals surface area (Å²) in [5.74, 6) is -0.271. The largest absolute Gasteiger partial charge is 0.325 e. The standard InChI is InChI=1S/C20H20N4O3S2/c1-13-12-14(2)23-20(22-13)28-18(15-6-4-3-5-7-15)19(25)24-16-8-10-17(11-9-16)29(21,26)27/h3-12,18H,1-2H3,(H,24,25)(H2,21,26,27)/t18-/m0/s1. The number of primary sulfonamides is 1. The molecule has 2 aromatic carbocycles. The number of carbonyl (C=O) groups is 1. The van der Waals surface area contributed by atoms with Crippen LogP contribution < -0.4 is 10.5 Å². The minimum Gasteiger partial charge on any atom is -0.325 e. The molecule has 0 aliphatic carbocycles. The van der Waals surface area contributed by atoms with Crippen LogP contribution in [0.4, 0.5) is 5.69 Å². The first-order valence-electron chi connectivity index (χ1n) is 8.70. The number of sulfonamides is 1. The second-order valence-corrected chi connectivity index (χ2v) is 9.03. The Balaban J connectivity index is 1.86. The van der Waals surface area contributed by atoms with Crippen LogP contribution in [-0.2, 0) is 14.8 Å².